The molecule has 10 heteroatoms. The SMILES string of the molecule is CNCC[C@@](O)(Oc1ccc(CN2CCN(C)c3cc(OC)ncc3C2=O)c(F)c1)c1cccs1. The number of nitrogens with one attached hydrogen (secondary N) is 1. The Bertz CT molecular complexity index is 1180. The number of nitrogens with zero attached hydrogens (tertiary/aromatic N) is 3. The molecule has 3 heterocycles. The molecule has 1 atom stereocenters. The van der Waals surface area contributed by atoms with Crippen molar-refractivity contribution in [3.63, 3.8) is 0 Å². The minimum Gasteiger partial charge on any atom is -0.481 e. The van der Waals surface area contributed by atoms with Crippen molar-refractivity contribution in [2.75, 3.05) is 45.7 Å². The second-order valence-electron chi connectivity index (χ2n) is 8.36. The van der Waals surface area contributed by atoms with E-state index >= 15 is 4.39 Å². The van der Waals surface area contributed by atoms with E-state index in [-0.39, 0.29) is 18.2 Å². The lowest BCUT2D eigenvalue weighted by Gasteiger charge is -2.28. The second-order valence-corrected chi connectivity index (χ2v) is 9.31. The summed E-state index contributed by atoms with van der Waals surface area (Å²) in [5.74, 6) is -1.67. The van der Waals surface area contributed by atoms with Crippen molar-refractivity contribution in [2.24, 2.45) is 0 Å². The molecule has 0 saturated carbocycles. The van der Waals surface area contributed by atoms with Crippen LogP contribution in [-0.4, -0.2) is 61.7 Å². The molecule has 2 N–H and O–H groups in total. The molecule has 1 amide bonds. The maximum Gasteiger partial charge on any atom is 0.257 e. The Kier molecular flexibility index (Phi) is 7.54. The van der Waals surface area contributed by atoms with E-state index in [0.717, 1.165) is 5.69 Å². The van der Waals surface area contributed by atoms with Crippen LogP contribution in [0.25, 0.3) is 0 Å². The summed E-state index contributed by atoms with van der Waals surface area (Å²) in [6.45, 7) is 1.61. The zero-order valence-electron chi connectivity index (χ0n) is 20.0. The zero-order chi connectivity index (χ0) is 25.0. The molecule has 1 aliphatic rings. The molecule has 1 aromatic carbocycles. The minimum absolute atomic E-state index is 0.0964. The Morgan fingerprint density at radius 2 is 2.11 bits per heavy atom. The van der Waals surface area contributed by atoms with E-state index in [0.29, 0.717) is 47.9 Å². The van der Waals surface area contributed by atoms with E-state index in [2.05, 4.69) is 10.3 Å². The number of aromatic nitrogens is 1. The molecule has 35 heavy (non-hydrogen) atoms. The predicted octanol–water partition coefficient (Wildman–Crippen LogP) is 3.22. The number of likely N-dealkylation sites (N-methyl/N-ethyl adjacent to an activating group) is 1. The first-order valence-electron chi connectivity index (χ1n) is 11.3. The van der Waals surface area contributed by atoms with Gasteiger partial charge >= 0.3 is 0 Å². The van der Waals surface area contributed by atoms with Gasteiger partial charge in [0.05, 0.1) is 23.2 Å². The fourth-order valence-electron chi connectivity index (χ4n) is 3.97. The van der Waals surface area contributed by atoms with Crippen LogP contribution in [0.2, 0.25) is 0 Å². The number of hydrogen-bond acceptors (Lipinski definition) is 8. The third-order valence-electron chi connectivity index (χ3n) is 5.99. The highest BCUT2D eigenvalue weighted by molar-refractivity contribution is 7.10. The van der Waals surface area contributed by atoms with Crippen LogP contribution < -0.4 is 19.7 Å². The summed E-state index contributed by atoms with van der Waals surface area (Å²) in [4.78, 5) is 21.6. The average Bonchev–Trinajstić information content (AvgIpc) is 3.38. The summed E-state index contributed by atoms with van der Waals surface area (Å²) in [6, 6.07) is 9.80. The number of fused-ring (bicyclic) bond motifs is 1. The van der Waals surface area contributed by atoms with Gasteiger partial charge in [0.25, 0.3) is 5.91 Å². The summed E-state index contributed by atoms with van der Waals surface area (Å²) in [6.07, 6.45) is 1.79. The monoisotopic (exact) mass is 500 g/mol. The van der Waals surface area contributed by atoms with Gasteiger partial charge in [-0.15, -0.1) is 11.3 Å². The normalized spacial score (nSPS) is 15.4. The van der Waals surface area contributed by atoms with Crippen LogP contribution in [0.3, 0.4) is 0 Å². The number of anilines is 1. The van der Waals surface area contributed by atoms with Crippen LogP contribution in [0.4, 0.5) is 10.1 Å². The van der Waals surface area contributed by atoms with Gasteiger partial charge in [0.1, 0.15) is 11.6 Å². The maximum absolute atomic E-state index is 15.1. The van der Waals surface area contributed by atoms with Crippen LogP contribution in [0, 0.1) is 5.82 Å². The van der Waals surface area contributed by atoms with Gasteiger partial charge in [-0.1, -0.05) is 12.1 Å². The number of methoxy groups -OCH3 is 1. The highest BCUT2D eigenvalue weighted by Crippen LogP contribution is 2.33. The summed E-state index contributed by atoms with van der Waals surface area (Å²) in [5.41, 5.74) is 1.52. The number of pyridine rings is 1. The summed E-state index contributed by atoms with van der Waals surface area (Å²) in [7, 11) is 5.21. The van der Waals surface area contributed by atoms with Crippen LogP contribution in [0.5, 0.6) is 11.6 Å². The van der Waals surface area contributed by atoms with Crippen LogP contribution in [-0.2, 0) is 12.3 Å². The Hall–Kier alpha value is -3.21. The van der Waals surface area contributed by atoms with E-state index in [1.807, 2.05) is 23.4 Å². The van der Waals surface area contributed by atoms with Crippen molar-refractivity contribution >= 4 is 22.9 Å². The number of amides is 1. The quantitative estimate of drug-likeness (QED) is 0.436. The van der Waals surface area contributed by atoms with Gasteiger partial charge in [0.15, 0.2) is 0 Å². The molecule has 3 aromatic rings. The van der Waals surface area contributed by atoms with E-state index in [4.69, 9.17) is 9.47 Å². The van der Waals surface area contributed by atoms with Gasteiger partial charge < -0.3 is 29.7 Å². The van der Waals surface area contributed by atoms with Gasteiger partial charge in [0, 0.05) is 63.5 Å². The highest BCUT2D eigenvalue weighted by Gasteiger charge is 2.33. The summed E-state index contributed by atoms with van der Waals surface area (Å²) in [5, 5.41) is 16.0. The largest absolute Gasteiger partial charge is 0.481 e. The van der Waals surface area contributed by atoms with Crippen molar-refractivity contribution < 1.29 is 23.8 Å². The number of hydrogen-bond donors (Lipinski definition) is 2. The number of halogens is 1. The number of benzene rings is 1. The van der Waals surface area contributed by atoms with Crippen LogP contribution in [0.15, 0.2) is 48.0 Å². The van der Waals surface area contributed by atoms with Gasteiger partial charge in [-0.3, -0.25) is 4.79 Å². The van der Waals surface area contributed by atoms with E-state index in [1.54, 1.807) is 36.2 Å². The lowest BCUT2D eigenvalue weighted by Crippen LogP contribution is -2.35. The first-order valence-corrected chi connectivity index (χ1v) is 12.2. The number of ether oxygens (including phenoxy) is 2. The summed E-state index contributed by atoms with van der Waals surface area (Å²) < 4.78 is 26.2. The van der Waals surface area contributed by atoms with Gasteiger partial charge in [-0.05, 0) is 24.6 Å². The molecule has 0 radical (unpaired) electrons. The predicted molar refractivity (Wildman–Crippen MR) is 133 cm³/mol. The first kappa shape index (κ1) is 24.9. The van der Waals surface area contributed by atoms with Gasteiger partial charge in [-0.25, -0.2) is 9.37 Å². The number of thiophene rings is 1. The average molecular weight is 501 g/mol. The Morgan fingerprint density at radius 1 is 1.29 bits per heavy atom. The van der Waals surface area contributed by atoms with E-state index in [9.17, 15) is 9.90 Å². The smallest absolute Gasteiger partial charge is 0.257 e. The third kappa shape index (κ3) is 5.39. The fourth-order valence-corrected chi connectivity index (χ4v) is 4.76. The topological polar surface area (TPSA) is 87.2 Å². The van der Waals surface area contributed by atoms with Crippen molar-refractivity contribution in [1.82, 2.24) is 15.2 Å². The molecule has 186 valence electrons. The molecule has 0 fully saturated rings. The molecule has 0 unspecified atom stereocenters. The molecule has 0 spiro atoms. The van der Waals surface area contributed by atoms with Gasteiger partial charge in [0.2, 0.25) is 11.7 Å². The molecule has 1 aliphatic heterocycles. The second kappa shape index (κ2) is 10.6. The highest BCUT2D eigenvalue weighted by atomic mass is 32.1. The van der Waals surface area contributed by atoms with Crippen molar-refractivity contribution in [2.45, 2.75) is 18.8 Å². The molecule has 0 aliphatic carbocycles. The van der Waals surface area contributed by atoms with Crippen LogP contribution >= 0.6 is 11.3 Å². The molecule has 0 saturated heterocycles. The van der Waals surface area contributed by atoms with Crippen molar-refractivity contribution in [1.29, 1.82) is 0 Å². The number of rotatable bonds is 9. The Morgan fingerprint density at radius 3 is 2.80 bits per heavy atom. The zero-order valence-corrected chi connectivity index (χ0v) is 20.8. The summed E-state index contributed by atoms with van der Waals surface area (Å²) >= 11 is 1.37. The Labute approximate surface area is 207 Å². The standard InChI is InChI=1S/C25H29FN4O4S/c1-27-9-8-25(32,22-5-4-12-35-22)34-18-7-6-17(20(26)13-18)16-30-11-10-29(2)21-14-23(33-3)28-15-19(21)24(30)31/h4-7,12-15,27,32H,8-11,16H2,1-3H3/t25-/m1/s1. The lowest BCUT2D eigenvalue weighted by molar-refractivity contribution is -0.147. The van der Waals surface area contributed by atoms with Gasteiger partial charge in [-0.2, -0.15) is 0 Å². The van der Waals surface area contributed by atoms with Crippen LogP contribution in [0.1, 0.15) is 27.2 Å². The molecule has 0 bridgehead atoms. The molecule has 4 rings (SSSR count). The number of carbonyl (C=O) groups is 1. The Balaban J connectivity index is 1.53. The fraction of sp³-hybridized carbons (Fsp3) is 0.360. The number of carbonyl (C=O) groups excluding carboxylic acids is 1. The molecular formula is C25H29FN4O4S. The third-order valence-corrected chi connectivity index (χ3v) is 7.00. The van der Waals surface area contributed by atoms with E-state index < -0.39 is 11.6 Å². The lowest BCUT2D eigenvalue weighted by atomic mass is 10.1. The van der Waals surface area contributed by atoms with Crippen molar-refractivity contribution in [3.05, 3.63) is 69.8 Å². The molecular weight excluding hydrogens is 471 g/mol. The molecule has 8 nitrogen and oxygen atoms in total. The minimum atomic E-state index is -1.58. The number of aliphatic hydroxyl groups is 1. The molecule has 2 aromatic heterocycles. The maximum atomic E-state index is 15.1. The van der Waals surface area contributed by atoms with E-state index in [1.165, 1.54) is 30.7 Å². The van der Waals surface area contributed by atoms with Crippen molar-refractivity contribution in [3.8, 4) is 11.6 Å². The first-order chi connectivity index (χ1) is 16.8.